The molecule has 5 rings (SSSR count). The summed E-state index contributed by atoms with van der Waals surface area (Å²) in [5, 5.41) is 9.88. The highest BCUT2D eigenvalue weighted by Gasteiger charge is 2.23. The second kappa shape index (κ2) is 9.95. The highest BCUT2D eigenvalue weighted by molar-refractivity contribution is 5.81. The molecule has 0 saturated carbocycles. The van der Waals surface area contributed by atoms with Crippen molar-refractivity contribution >= 4 is 0 Å². The van der Waals surface area contributed by atoms with E-state index < -0.39 is 0 Å². The van der Waals surface area contributed by atoms with Gasteiger partial charge in [-0.15, -0.1) is 0 Å². The van der Waals surface area contributed by atoms with Gasteiger partial charge in [0.25, 0.3) is 0 Å². The summed E-state index contributed by atoms with van der Waals surface area (Å²) in [4.78, 5) is 2.35. The van der Waals surface area contributed by atoms with Gasteiger partial charge in [0.05, 0.1) is 20.8 Å². The fourth-order valence-electron chi connectivity index (χ4n) is 4.78. The first-order valence-electron chi connectivity index (χ1n) is 12.0. The molecule has 178 valence electrons. The van der Waals surface area contributed by atoms with Gasteiger partial charge in [-0.2, -0.15) is 0 Å². The van der Waals surface area contributed by atoms with Crippen LogP contribution in [0.15, 0.2) is 84.9 Å². The molecule has 0 aromatic heterocycles. The van der Waals surface area contributed by atoms with Crippen LogP contribution in [0.1, 0.15) is 18.1 Å². The standard InChI is InChI=1S/C31H31NO3/c1-21(20-33)32-18-26-6-4-24(22-8-12-28(34-2)13-9-22)16-30(26)31-17-25(5-7-27(31)19-32)23-10-14-29(35-3)15-11-23/h4-17,21,33H,18-20H2,1-3H3/t21-/m0/s1. The van der Waals surface area contributed by atoms with Crippen molar-refractivity contribution in [2.75, 3.05) is 20.8 Å². The zero-order valence-corrected chi connectivity index (χ0v) is 20.5. The second-order valence-electron chi connectivity index (χ2n) is 9.14. The molecule has 4 aromatic carbocycles. The fourth-order valence-corrected chi connectivity index (χ4v) is 4.78. The normalized spacial score (nSPS) is 13.9. The summed E-state index contributed by atoms with van der Waals surface area (Å²) >= 11 is 0. The topological polar surface area (TPSA) is 41.9 Å². The van der Waals surface area contributed by atoms with E-state index in [4.69, 9.17) is 9.47 Å². The van der Waals surface area contributed by atoms with Crippen LogP contribution in [-0.4, -0.2) is 36.9 Å². The van der Waals surface area contributed by atoms with Gasteiger partial charge in [-0.3, -0.25) is 4.90 Å². The van der Waals surface area contributed by atoms with Crippen LogP contribution in [-0.2, 0) is 13.1 Å². The highest BCUT2D eigenvalue weighted by atomic mass is 16.5. The van der Waals surface area contributed by atoms with Crippen molar-refractivity contribution in [3.63, 3.8) is 0 Å². The van der Waals surface area contributed by atoms with Gasteiger partial charge in [0.1, 0.15) is 11.5 Å². The average molecular weight is 466 g/mol. The summed E-state index contributed by atoms with van der Waals surface area (Å²) in [5.74, 6) is 1.71. The number of rotatable bonds is 6. The van der Waals surface area contributed by atoms with E-state index in [2.05, 4.69) is 72.5 Å². The fraction of sp³-hybridized carbons (Fsp3) is 0.226. The van der Waals surface area contributed by atoms with Gasteiger partial charge in [0.15, 0.2) is 0 Å². The predicted molar refractivity (Wildman–Crippen MR) is 142 cm³/mol. The smallest absolute Gasteiger partial charge is 0.118 e. The molecule has 0 unspecified atom stereocenters. The number of hydrogen-bond donors (Lipinski definition) is 1. The van der Waals surface area contributed by atoms with E-state index in [1.54, 1.807) is 14.2 Å². The van der Waals surface area contributed by atoms with Gasteiger partial charge >= 0.3 is 0 Å². The van der Waals surface area contributed by atoms with Crippen LogP contribution in [0.5, 0.6) is 11.5 Å². The van der Waals surface area contributed by atoms with Crippen LogP contribution in [0.25, 0.3) is 33.4 Å². The van der Waals surface area contributed by atoms with Crippen LogP contribution < -0.4 is 9.47 Å². The minimum Gasteiger partial charge on any atom is -0.497 e. The van der Waals surface area contributed by atoms with Crippen molar-refractivity contribution in [2.45, 2.75) is 26.1 Å². The molecular formula is C31H31NO3. The molecule has 1 heterocycles. The SMILES string of the molecule is COc1ccc(-c2ccc3c(c2)-c2cc(-c4ccc(OC)cc4)ccc2CN([C@@H](C)CO)C3)cc1. The van der Waals surface area contributed by atoms with Gasteiger partial charge in [-0.1, -0.05) is 48.5 Å². The Kier molecular flexibility index (Phi) is 6.58. The van der Waals surface area contributed by atoms with Gasteiger partial charge in [0, 0.05) is 19.1 Å². The van der Waals surface area contributed by atoms with Crippen molar-refractivity contribution in [1.82, 2.24) is 4.90 Å². The Hall–Kier alpha value is -3.60. The first-order chi connectivity index (χ1) is 17.1. The lowest BCUT2D eigenvalue weighted by molar-refractivity contribution is 0.123. The number of methoxy groups -OCH3 is 2. The molecule has 0 bridgehead atoms. The first-order valence-corrected chi connectivity index (χ1v) is 12.0. The molecular weight excluding hydrogens is 434 g/mol. The Balaban J connectivity index is 1.63. The van der Waals surface area contributed by atoms with Gasteiger partial charge < -0.3 is 14.6 Å². The number of ether oxygens (including phenoxy) is 2. The Bertz CT molecular complexity index is 1210. The van der Waals surface area contributed by atoms with E-state index in [0.29, 0.717) is 0 Å². The highest BCUT2D eigenvalue weighted by Crippen LogP contribution is 2.39. The number of aliphatic hydroxyl groups excluding tert-OH is 1. The monoisotopic (exact) mass is 465 g/mol. The summed E-state index contributed by atoms with van der Waals surface area (Å²) in [7, 11) is 3.38. The number of nitrogens with zero attached hydrogens (tertiary/aromatic N) is 1. The molecule has 1 aliphatic rings. The Morgan fingerprint density at radius 2 is 1.06 bits per heavy atom. The third-order valence-electron chi connectivity index (χ3n) is 6.99. The molecule has 1 atom stereocenters. The Labute approximate surface area is 207 Å². The van der Waals surface area contributed by atoms with Crippen molar-refractivity contribution in [2.24, 2.45) is 0 Å². The molecule has 1 N–H and O–H groups in total. The Morgan fingerprint density at radius 3 is 1.43 bits per heavy atom. The second-order valence-corrected chi connectivity index (χ2v) is 9.14. The Morgan fingerprint density at radius 1 is 0.657 bits per heavy atom. The van der Waals surface area contributed by atoms with E-state index >= 15 is 0 Å². The van der Waals surface area contributed by atoms with Crippen LogP contribution in [0.3, 0.4) is 0 Å². The maximum atomic E-state index is 9.88. The number of benzene rings is 4. The molecule has 0 fully saturated rings. The quantitative estimate of drug-likeness (QED) is 0.358. The number of aliphatic hydroxyl groups is 1. The molecule has 1 aliphatic heterocycles. The van der Waals surface area contributed by atoms with Crippen molar-refractivity contribution in [3.8, 4) is 44.9 Å². The van der Waals surface area contributed by atoms with E-state index in [9.17, 15) is 5.11 Å². The van der Waals surface area contributed by atoms with Gasteiger partial charge in [-0.05, 0) is 87.8 Å². The number of hydrogen-bond acceptors (Lipinski definition) is 4. The third kappa shape index (κ3) is 4.68. The average Bonchev–Trinajstić information content (AvgIpc) is 3.08. The van der Waals surface area contributed by atoms with Crippen LogP contribution in [0.4, 0.5) is 0 Å². The van der Waals surface area contributed by atoms with Gasteiger partial charge in [0.2, 0.25) is 0 Å². The van der Waals surface area contributed by atoms with E-state index in [-0.39, 0.29) is 12.6 Å². The molecule has 4 nitrogen and oxygen atoms in total. The molecule has 4 aromatic rings. The summed E-state index contributed by atoms with van der Waals surface area (Å²) in [6.07, 6.45) is 0. The maximum absolute atomic E-state index is 9.88. The van der Waals surface area contributed by atoms with Crippen LogP contribution in [0, 0.1) is 0 Å². The van der Waals surface area contributed by atoms with Crippen molar-refractivity contribution in [1.29, 1.82) is 0 Å². The molecule has 0 amide bonds. The minimum absolute atomic E-state index is 0.0799. The largest absolute Gasteiger partial charge is 0.497 e. The van der Waals surface area contributed by atoms with Crippen molar-refractivity contribution in [3.05, 3.63) is 96.1 Å². The zero-order chi connectivity index (χ0) is 24.4. The molecule has 0 aliphatic carbocycles. The van der Waals surface area contributed by atoms with Crippen LogP contribution >= 0.6 is 0 Å². The third-order valence-corrected chi connectivity index (χ3v) is 6.99. The summed E-state index contributed by atoms with van der Waals surface area (Å²) in [6, 6.07) is 30.0. The predicted octanol–water partition coefficient (Wildman–Crippen LogP) is 6.40. The summed E-state index contributed by atoms with van der Waals surface area (Å²) in [5.41, 5.74) is 9.71. The number of fused-ring (bicyclic) bond motifs is 3. The van der Waals surface area contributed by atoms with E-state index in [1.165, 1.54) is 33.4 Å². The molecule has 0 spiro atoms. The van der Waals surface area contributed by atoms with Crippen LogP contribution in [0.2, 0.25) is 0 Å². The van der Waals surface area contributed by atoms with E-state index in [0.717, 1.165) is 35.7 Å². The van der Waals surface area contributed by atoms with Crippen molar-refractivity contribution < 1.29 is 14.6 Å². The summed E-state index contributed by atoms with van der Waals surface area (Å²) < 4.78 is 10.7. The maximum Gasteiger partial charge on any atom is 0.118 e. The minimum atomic E-state index is 0.0799. The first kappa shape index (κ1) is 23.2. The van der Waals surface area contributed by atoms with Gasteiger partial charge in [-0.25, -0.2) is 0 Å². The lowest BCUT2D eigenvalue weighted by Gasteiger charge is -2.26. The lowest BCUT2D eigenvalue weighted by atomic mass is 9.90. The van der Waals surface area contributed by atoms with E-state index in [1.807, 2.05) is 24.3 Å². The zero-order valence-electron chi connectivity index (χ0n) is 20.5. The molecule has 0 saturated heterocycles. The lowest BCUT2D eigenvalue weighted by Crippen LogP contribution is -2.34. The summed E-state index contributed by atoms with van der Waals surface area (Å²) in [6.45, 7) is 3.82. The molecule has 0 radical (unpaired) electrons. The molecule has 4 heteroatoms. The molecule has 35 heavy (non-hydrogen) atoms.